The molecule has 1 amide bonds. The molecule has 3 aromatic rings. The van der Waals surface area contributed by atoms with E-state index in [1.165, 1.54) is 29.2 Å². The fraction of sp³-hybridized carbons (Fsp3) is 0.120. The van der Waals surface area contributed by atoms with Crippen molar-refractivity contribution in [2.45, 2.75) is 0 Å². The van der Waals surface area contributed by atoms with E-state index in [1.54, 1.807) is 51.7 Å². The number of amides is 1. The molecule has 0 saturated heterocycles. The number of benzene rings is 3. The predicted octanol–water partition coefficient (Wildman–Crippen LogP) is 4.69. The van der Waals surface area contributed by atoms with Gasteiger partial charge in [0.05, 0.1) is 32.6 Å². The van der Waals surface area contributed by atoms with Crippen LogP contribution < -0.4 is 19.1 Å². The summed E-state index contributed by atoms with van der Waals surface area (Å²) in [6.07, 6.45) is 1.65. The van der Waals surface area contributed by atoms with Gasteiger partial charge in [-0.05, 0) is 54.6 Å². The summed E-state index contributed by atoms with van der Waals surface area (Å²) in [7, 11) is 4.66. The van der Waals surface area contributed by atoms with Crippen molar-refractivity contribution >= 4 is 23.5 Å². The molecular formula is C25H21FN2O4. The third kappa shape index (κ3) is 3.92. The van der Waals surface area contributed by atoms with Crippen molar-refractivity contribution in [1.29, 1.82) is 0 Å². The molecule has 3 aromatic carbocycles. The van der Waals surface area contributed by atoms with Crippen LogP contribution in [0.25, 0.3) is 6.08 Å². The van der Waals surface area contributed by atoms with Gasteiger partial charge in [-0.25, -0.2) is 9.38 Å². The van der Waals surface area contributed by atoms with Gasteiger partial charge in [0.15, 0.2) is 5.84 Å². The Morgan fingerprint density at radius 3 is 2.28 bits per heavy atom. The van der Waals surface area contributed by atoms with Crippen molar-refractivity contribution in [3.63, 3.8) is 0 Å². The highest BCUT2D eigenvalue weighted by Gasteiger charge is 2.34. The molecule has 0 aromatic heterocycles. The number of nitrogens with zero attached hydrogens (tertiary/aromatic N) is 2. The van der Waals surface area contributed by atoms with Gasteiger partial charge in [0.25, 0.3) is 5.91 Å². The maximum atomic E-state index is 13.5. The van der Waals surface area contributed by atoms with E-state index in [2.05, 4.69) is 4.99 Å². The molecule has 1 aliphatic heterocycles. The van der Waals surface area contributed by atoms with E-state index in [-0.39, 0.29) is 11.6 Å². The maximum absolute atomic E-state index is 13.5. The Labute approximate surface area is 185 Å². The molecule has 0 spiro atoms. The monoisotopic (exact) mass is 432 g/mol. The van der Waals surface area contributed by atoms with Gasteiger partial charge < -0.3 is 14.2 Å². The molecule has 0 bridgehead atoms. The average molecular weight is 432 g/mol. The average Bonchev–Trinajstić information content (AvgIpc) is 3.15. The van der Waals surface area contributed by atoms with Crippen molar-refractivity contribution in [1.82, 2.24) is 0 Å². The number of amidine groups is 1. The van der Waals surface area contributed by atoms with Gasteiger partial charge in [0, 0.05) is 11.6 Å². The summed E-state index contributed by atoms with van der Waals surface area (Å²) in [5, 5.41) is 0. The van der Waals surface area contributed by atoms with E-state index >= 15 is 0 Å². The molecule has 6 nitrogen and oxygen atoms in total. The van der Waals surface area contributed by atoms with Crippen LogP contribution in [0.1, 0.15) is 11.1 Å². The van der Waals surface area contributed by atoms with Crippen LogP contribution in [0.4, 0.5) is 10.1 Å². The number of carbonyl (C=O) groups excluding carboxylic acids is 1. The summed E-state index contributed by atoms with van der Waals surface area (Å²) < 4.78 is 29.7. The highest BCUT2D eigenvalue weighted by atomic mass is 19.1. The maximum Gasteiger partial charge on any atom is 0.282 e. The van der Waals surface area contributed by atoms with Crippen molar-refractivity contribution < 1.29 is 23.4 Å². The van der Waals surface area contributed by atoms with Gasteiger partial charge in [-0.2, -0.15) is 0 Å². The molecule has 0 atom stereocenters. The fourth-order valence-corrected chi connectivity index (χ4v) is 3.44. The van der Waals surface area contributed by atoms with E-state index in [4.69, 9.17) is 14.2 Å². The van der Waals surface area contributed by atoms with E-state index in [1.807, 2.05) is 18.2 Å². The molecular weight excluding hydrogens is 411 g/mol. The van der Waals surface area contributed by atoms with E-state index in [0.717, 1.165) is 0 Å². The van der Waals surface area contributed by atoms with Gasteiger partial charge in [-0.15, -0.1) is 0 Å². The summed E-state index contributed by atoms with van der Waals surface area (Å²) in [6, 6.07) is 18.3. The second-order valence-corrected chi connectivity index (χ2v) is 6.89. The number of anilines is 1. The van der Waals surface area contributed by atoms with Crippen LogP contribution >= 0.6 is 0 Å². The van der Waals surface area contributed by atoms with Crippen LogP contribution in [0.2, 0.25) is 0 Å². The number of ether oxygens (including phenoxy) is 3. The molecule has 162 valence electrons. The Balaban J connectivity index is 1.86. The lowest BCUT2D eigenvalue weighted by Gasteiger charge is -2.19. The van der Waals surface area contributed by atoms with Crippen LogP contribution in [0.5, 0.6) is 17.2 Å². The zero-order valence-electron chi connectivity index (χ0n) is 17.8. The highest BCUT2D eigenvalue weighted by Crippen LogP contribution is 2.33. The van der Waals surface area contributed by atoms with Crippen molar-refractivity contribution in [2.24, 2.45) is 4.99 Å². The smallest absolute Gasteiger partial charge is 0.282 e. The molecule has 0 unspecified atom stereocenters. The second kappa shape index (κ2) is 8.93. The SMILES string of the molecule is COc1ccc(C=C2N=C(c3ccccc3OC)N(c3ccc(F)cc3)C2=O)c(OC)c1. The first-order chi connectivity index (χ1) is 15.5. The van der Waals surface area contributed by atoms with Crippen molar-refractivity contribution in [3.8, 4) is 17.2 Å². The van der Waals surface area contributed by atoms with Crippen LogP contribution in [0.3, 0.4) is 0 Å². The van der Waals surface area contributed by atoms with Gasteiger partial charge in [0.2, 0.25) is 0 Å². The molecule has 1 aliphatic rings. The summed E-state index contributed by atoms with van der Waals surface area (Å²) in [4.78, 5) is 19.5. The third-order valence-corrected chi connectivity index (χ3v) is 5.03. The lowest BCUT2D eigenvalue weighted by Crippen LogP contribution is -2.32. The molecule has 4 rings (SSSR count). The Hall–Kier alpha value is -4.13. The van der Waals surface area contributed by atoms with Crippen LogP contribution in [0.15, 0.2) is 77.4 Å². The quantitative estimate of drug-likeness (QED) is 0.531. The lowest BCUT2D eigenvalue weighted by atomic mass is 10.1. The number of hydrogen-bond donors (Lipinski definition) is 0. The van der Waals surface area contributed by atoms with Crippen molar-refractivity contribution in [2.75, 3.05) is 26.2 Å². The first-order valence-electron chi connectivity index (χ1n) is 9.81. The van der Waals surface area contributed by atoms with Gasteiger partial charge >= 0.3 is 0 Å². The van der Waals surface area contributed by atoms with E-state index < -0.39 is 5.82 Å². The Morgan fingerprint density at radius 2 is 1.59 bits per heavy atom. The first-order valence-corrected chi connectivity index (χ1v) is 9.81. The van der Waals surface area contributed by atoms with Gasteiger partial charge in [-0.3, -0.25) is 9.69 Å². The topological polar surface area (TPSA) is 60.4 Å². The number of para-hydroxylation sites is 1. The number of methoxy groups -OCH3 is 3. The summed E-state index contributed by atoms with van der Waals surface area (Å²) in [5.41, 5.74) is 2.00. The fourth-order valence-electron chi connectivity index (χ4n) is 3.44. The summed E-state index contributed by atoms with van der Waals surface area (Å²) in [6.45, 7) is 0. The van der Waals surface area contributed by atoms with E-state index in [0.29, 0.717) is 39.9 Å². The number of rotatable bonds is 6. The molecule has 0 N–H and O–H groups in total. The molecule has 7 heteroatoms. The second-order valence-electron chi connectivity index (χ2n) is 6.89. The van der Waals surface area contributed by atoms with Crippen LogP contribution in [-0.4, -0.2) is 33.1 Å². The molecule has 1 heterocycles. The van der Waals surface area contributed by atoms with Crippen LogP contribution in [0, 0.1) is 5.82 Å². The van der Waals surface area contributed by atoms with Crippen LogP contribution in [-0.2, 0) is 4.79 Å². The number of halogens is 1. The standard InChI is InChI=1S/C25H21FN2O4/c1-30-19-13-8-16(23(15-19)32-3)14-21-25(29)28(18-11-9-17(26)10-12-18)24(27-21)20-6-4-5-7-22(20)31-2/h4-15H,1-3H3. The zero-order valence-corrected chi connectivity index (χ0v) is 17.8. The normalized spacial score (nSPS) is 14.5. The van der Waals surface area contributed by atoms with Gasteiger partial charge in [-0.1, -0.05) is 12.1 Å². The highest BCUT2D eigenvalue weighted by molar-refractivity contribution is 6.33. The Bertz CT molecular complexity index is 1220. The molecule has 0 aliphatic carbocycles. The molecule has 0 radical (unpaired) electrons. The number of carbonyl (C=O) groups is 1. The Kier molecular flexibility index (Phi) is 5.89. The van der Waals surface area contributed by atoms with Crippen molar-refractivity contribution in [3.05, 3.63) is 89.4 Å². The molecule has 0 saturated carbocycles. The molecule has 0 fully saturated rings. The number of aliphatic imine (C=N–C) groups is 1. The predicted molar refractivity (Wildman–Crippen MR) is 121 cm³/mol. The largest absolute Gasteiger partial charge is 0.497 e. The Morgan fingerprint density at radius 1 is 0.875 bits per heavy atom. The lowest BCUT2D eigenvalue weighted by molar-refractivity contribution is -0.113. The molecule has 32 heavy (non-hydrogen) atoms. The van der Waals surface area contributed by atoms with Gasteiger partial charge in [0.1, 0.15) is 28.8 Å². The zero-order chi connectivity index (χ0) is 22.7. The minimum Gasteiger partial charge on any atom is -0.497 e. The number of hydrogen-bond acceptors (Lipinski definition) is 5. The summed E-state index contributed by atoms with van der Waals surface area (Å²) in [5.74, 6) is 1.38. The summed E-state index contributed by atoms with van der Waals surface area (Å²) >= 11 is 0. The minimum atomic E-state index is -0.394. The first kappa shape index (κ1) is 21.1. The third-order valence-electron chi connectivity index (χ3n) is 5.03. The minimum absolute atomic E-state index is 0.207. The van der Waals surface area contributed by atoms with E-state index in [9.17, 15) is 9.18 Å².